The minimum Gasteiger partial charge on any atom is -0.507 e. The van der Waals surface area contributed by atoms with Gasteiger partial charge in [0.2, 0.25) is 0 Å². The van der Waals surface area contributed by atoms with Gasteiger partial charge in [0.1, 0.15) is 22.9 Å². The molecular formula is C27H33FO4. The summed E-state index contributed by atoms with van der Waals surface area (Å²) in [6, 6.07) is 7.79. The van der Waals surface area contributed by atoms with Gasteiger partial charge < -0.3 is 14.6 Å². The van der Waals surface area contributed by atoms with Gasteiger partial charge in [0, 0.05) is 5.56 Å². The molecule has 0 spiro atoms. The summed E-state index contributed by atoms with van der Waals surface area (Å²) in [4.78, 5) is 12.6. The van der Waals surface area contributed by atoms with Crippen molar-refractivity contribution < 1.29 is 23.8 Å². The van der Waals surface area contributed by atoms with E-state index >= 15 is 0 Å². The fourth-order valence-corrected chi connectivity index (χ4v) is 3.37. The number of allylic oxidation sites excluding steroid dienone is 2. The molecule has 1 unspecified atom stereocenters. The van der Waals surface area contributed by atoms with Crippen molar-refractivity contribution in [3.63, 3.8) is 0 Å². The van der Waals surface area contributed by atoms with Crippen LogP contribution in [0.15, 0.2) is 42.0 Å². The molecule has 172 valence electrons. The predicted molar refractivity (Wildman–Crippen MR) is 128 cm³/mol. The molecule has 1 atom stereocenters. The van der Waals surface area contributed by atoms with E-state index in [-0.39, 0.29) is 23.2 Å². The average Bonchev–Trinajstić information content (AvgIpc) is 2.77. The summed E-state index contributed by atoms with van der Waals surface area (Å²) < 4.78 is 24.5. The fraction of sp³-hybridized carbons (Fsp3) is 0.370. The van der Waals surface area contributed by atoms with E-state index in [0.29, 0.717) is 23.3 Å². The highest BCUT2D eigenvalue weighted by atomic mass is 19.1. The molecule has 0 aliphatic rings. The molecule has 0 saturated carbocycles. The molecule has 0 saturated heterocycles. The summed E-state index contributed by atoms with van der Waals surface area (Å²) in [7, 11) is 1.28. The van der Waals surface area contributed by atoms with Crippen molar-refractivity contribution in [1.82, 2.24) is 0 Å². The van der Waals surface area contributed by atoms with Crippen molar-refractivity contribution in [2.45, 2.75) is 59.5 Å². The Hall–Kier alpha value is -3.08. The van der Waals surface area contributed by atoms with Crippen molar-refractivity contribution in [3.05, 3.63) is 70.1 Å². The van der Waals surface area contributed by atoms with Gasteiger partial charge in [-0.2, -0.15) is 0 Å². The lowest BCUT2D eigenvalue weighted by Crippen LogP contribution is -2.17. The normalized spacial score (nSPS) is 11.9. The molecule has 0 aliphatic carbocycles. The van der Waals surface area contributed by atoms with Crippen LogP contribution in [0.1, 0.15) is 74.0 Å². The Balaban J connectivity index is 2.64. The quantitative estimate of drug-likeness (QED) is 0.247. The second-order valence-corrected chi connectivity index (χ2v) is 7.96. The first-order valence-corrected chi connectivity index (χ1v) is 11.0. The molecule has 0 radical (unpaired) electrons. The molecule has 0 aliphatic heterocycles. The van der Waals surface area contributed by atoms with Crippen molar-refractivity contribution in [2.24, 2.45) is 0 Å². The van der Waals surface area contributed by atoms with Gasteiger partial charge in [-0.05, 0) is 62.4 Å². The fourth-order valence-electron chi connectivity index (χ4n) is 3.37. The third kappa shape index (κ3) is 6.71. The first-order chi connectivity index (χ1) is 15.3. The minimum absolute atomic E-state index is 0.00255. The smallest absolute Gasteiger partial charge is 0.342 e. The van der Waals surface area contributed by atoms with Gasteiger partial charge in [-0.15, -0.1) is 0 Å². The summed E-state index contributed by atoms with van der Waals surface area (Å²) in [5.41, 5.74) is 2.96. The number of carbonyl (C=O) groups is 1. The van der Waals surface area contributed by atoms with E-state index in [1.807, 2.05) is 19.9 Å². The Morgan fingerprint density at radius 2 is 1.84 bits per heavy atom. The third-order valence-electron chi connectivity index (χ3n) is 5.18. The molecule has 2 rings (SSSR count). The lowest BCUT2D eigenvalue weighted by atomic mass is 9.97. The lowest BCUT2D eigenvalue weighted by molar-refractivity contribution is 0.0597. The van der Waals surface area contributed by atoms with Crippen molar-refractivity contribution >= 4 is 18.1 Å². The summed E-state index contributed by atoms with van der Waals surface area (Å²) in [5.74, 6) is -0.550. The summed E-state index contributed by atoms with van der Waals surface area (Å²) in [6.07, 6.45) is 8.57. The number of ether oxygens (including phenoxy) is 2. The van der Waals surface area contributed by atoms with Crippen molar-refractivity contribution in [1.29, 1.82) is 0 Å². The predicted octanol–water partition coefficient (Wildman–Crippen LogP) is 6.95. The monoisotopic (exact) mass is 440 g/mol. The molecule has 2 aromatic carbocycles. The van der Waals surface area contributed by atoms with E-state index < -0.39 is 5.97 Å². The van der Waals surface area contributed by atoms with Crippen LogP contribution in [0.2, 0.25) is 0 Å². The Morgan fingerprint density at radius 1 is 1.16 bits per heavy atom. The second-order valence-electron chi connectivity index (χ2n) is 7.96. The number of rotatable bonds is 10. The number of hydrogen-bond acceptors (Lipinski definition) is 4. The molecule has 0 aromatic heterocycles. The Morgan fingerprint density at radius 3 is 2.41 bits per heavy atom. The van der Waals surface area contributed by atoms with Gasteiger partial charge in [-0.25, -0.2) is 9.18 Å². The van der Waals surface area contributed by atoms with Crippen LogP contribution in [0.25, 0.3) is 12.2 Å². The Labute approximate surface area is 190 Å². The summed E-state index contributed by atoms with van der Waals surface area (Å²) >= 11 is 0. The SMILES string of the molecule is CCCC(CC)Oc1cc(/C=C/c2ccc(F)cc2)c(C(=O)OC)c(O)c1CC=C(C)C. The zero-order chi connectivity index (χ0) is 23.7. The molecule has 1 N–H and O–H groups in total. The maximum Gasteiger partial charge on any atom is 0.342 e. The molecule has 2 aromatic rings. The number of aromatic hydroxyl groups is 1. The zero-order valence-corrected chi connectivity index (χ0v) is 19.6. The first kappa shape index (κ1) is 25.2. The maximum atomic E-state index is 13.2. The van der Waals surface area contributed by atoms with Crippen LogP contribution in [0.4, 0.5) is 4.39 Å². The molecule has 0 bridgehead atoms. The number of methoxy groups -OCH3 is 1. The maximum absolute atomic E-state index is 13.2. The number of phenols is 1. The number of esters is 1. The third-order valence-corrected chi connectivity index (χ3v) is 5.18. The van der Waals surface area contributed by atoms with Crippen LogP contribution in [0.5, 0.6) is 11.5 Å². The summed E-state index contributed by atoms with van der Waals surface area (Å²) in [5, 5.41) is 11.1. The van der Waals surface area contributed by atoms with E-state index in [2.05, 4.69) is 13.8 Å². The van der Waals surface area contributed by atoms with Gasteiger partial charge in [0.25, 0.3) is 0 Å². The van der Waals surface area contributed by atoms with Crippen molar-refractivity contribution in [3.8, 4) is 11.5 Å². The number of halogens is 1. The topological polar surface area (TPSA) is 55.8 Å². The largest absolute Gasteiger partial charge is 0.507 e. The Bertz CT molecular complexity index is 970. The van der Waals surface area contributed by atoms with Gasteiger partial charge in [-0.1, -0.05) is 56.2 Å². The summed E-state index contributed by atoms with van der Waals surface area (Å²) in [6.45, 7) is 8.12. The molecule has 4 nitrogen and oxygen atoms in total. The number of hydrogen-bond donors (Lipinski definition) is 1. The minimum atomic E-state index is -0.633. The van der Waals surface area contributed by atoms with Gasteiger partial charge in [0.05, 0.1) is 13.2 Å². The van der Waals surface area contributed by atoms with Gasteiger partial charge in [-0.3, -0.25) is 0 Å². The number of benzene rings is 2. The van der Waals surface area contributed by atoms with E-state index in [1.54, 1.807) is 30.4 Å². The molecule has 0 heterocycles. The highest BCUT2D eigenvalue weighted by Gasteiger charge is 2.24. The van der Waals surface area contributed by atoms with Crippen LogP contribution in [0, 0.1) is 5.82 Å². The van der Waals surface area contributed by atoms with Gasteiger partial charge in [0.15, 0.2) is 0 Å². The Kier molecular flexibility index (Phi) is 9.51. The van der Waals surface area contributed by atoms with Crippen LogP contribution < -0.4 is 4.74 Å². The molecule has 0 fully saturated rings. The molecule has 5 heteroatoms. The standard InChI is InChI=1S/C27H33FO4/c1-6-8-22(7-2)32-24-17-20(13-10-19-11-14-21(28)15-12-19)25(27(30)31-5)26(29)23(24)16-9-18(3)4/h9-15,17,22,29H,6-8,16H2,1-5H3/b13-10+. The van der Waals surface area contributed by atoms with E-state index in [9.17, 15) is 14.3 Å². The van der Waals surface area contributed by atoms with Gasteiger partial charge >= 0.3 is 5.97 Å². The molecule has 32 heavy (non-hydrogen) atoms. The van der Waals surface area contributed by atoms with E-state index in [4.69, 9.17) is 9.47 Å². The number of carbonyl (C=O) groups excluding carboxylic acids is 1. The zero-order valence-electron chi connectivity index (χ0n) is 19.6. The second kappa shape index (κ2) is 12.1. The highest BCUT2D eigenvalue weighted by Crippen LogP contribution is 2.38. The van der Waals surface area contributed by atoms with Crippen molar-refractivity contribution in [2.75, 3.05) is 7.11 Å². The highest BCUT2D eigenvalue weighted by molar-refractivity contribution is 5.98. The molecule has 0 amide bonds. The average molecular weight is 441 g/mol. The lowest BCUT2D eigenvalue weighted by Gasteiger charge is -2.22. The van der Waals surface area contributed by atoms with Crippen LogP contribution in [-0.2, 0) is 11.2 Å². The van der Waals surface area contributed by atoms with Crippen LogP contribution in [0.3, 0.4) is 0 Å². The van der Waals surface area contributed by atoms with E-state index in [0.717, 1.165) is 30.4 Å². The van der Waals surface area contributed by atoms with E-state index in [1.165, 1.54) is 19.2 Å². The van der Waals surface area contributed by atoms with Crippen LogP contribution in [-0.4, -0.2) is 24.3 Å². The van der Waals surface area contributed by atoms with Crippen LogP contribution >= 0.6 is 0 Å². The number of phenolic OH excluding ortho intramolecular Hbond substituents is 1. The first-order valence-electron chi connectivity index (χ1n) is 11.0. The molecular weight excluding hydrogens is 407 g/mol.